The summed E-state index contributed by atoms with van der Waals surface area (Å²) < 4.78 is 30.3. The second-order valence-corrected chi connectivity index (χ2v) is 6.96. The Balaban J connectivity index is 3.04. The smallest absolute Gasteiger partial charge is 0.323 e. The van der Waals surface area contributed by atoms with E-state index < -0.39 is 21.2 Å². The van der Waals surface area contributed by atoms with Crippen molar-refractivity contribution in [2.24, 2.45) is 0 Å². The van der Waals surface area contributed by atoms with E-state index in [0.717, 1.165) is 16.8 Å². The van der Waals surface area contributed by atoms with Gasteiger partial charge >= 0.3 is 5.97 Å². The molecule has 0 aromatic heterocycles. The van der Waals surface area contributed by atoms with Crippen LogP contribution in [-0.4, -0.2) is 43.2 Å². The fourth-order valence-corrected chi connectivity index (χ4v) is 2.87. The zero-order valence-corrected chi connectivity index (χ0v) is 12.8. The summed E-state index contributed by atoms with van der Waals surface area (Å²) in [6, 6.07) is 5.43. The molecule has 0 spiro atoms. The lowest BCUT2D eigenvalue weighted by atomic mass is 10.1. The molecule has 0 aliphatic rings. The molecule has 0 aliphatic carbocycles. The van der Waals surface area contributed by atoms with Gasteiger partial charge in [0.15, 0.2) is 5.25 Å². The number of aliphatic carboxylic acids is 1. The van der Waals surface area contributed by atoms with Crippen LogP contribution in [0.15, 0.2) is 18.2 Å². The number of sulfonamides is 1. The number of rotatable bonds is 6. The highest BCUT2D eigenvalue weighted by Crippen LogP contribution is 2.22. The van der Waals surface area contributed by atoms with Crippen molar-refractivity contribution in [1.82, 2.24) is 4.31 Å². The first-order chi connectivity index (χ1) is 9.20. The first-order valence-electron chi connectivity index (χ1n) is 6.01. The highest BCUT2D eigenvalue weighted by molar-refractivity contribution is 7.90. The van der Waals surface area contributed by atoms with Crippen molar-refractivity contribution in [1.29, 1.82) is 0 Å². The van der Waals surface area contributed by atoms with Gasteiger partial charge in [0.2, 0.25) is 10.0 Å². The summed E-state index contributed by atoms with van der Waals surface area (Å²) >= 11 is 0. The molecule has 0 heterocycles. The summed E-state index contributed by atoms with van der Waals surface area (Å²) in [5.41, 5.74) is 1.66. The van der Waals surface area contributed by atoms with E-state index in [0.29, 0.717) is 11.3 Å². The number of benzene rings is 1. The molecule has 1 aromatic carbocycles. The number of aryl methyl sites for hydroxylation is 1. The molecule has 1 N–H and O–H groups in total. The van der Waals surface area contributed by atoms with E-state index in [1.165, 1.54) is 14.2 Å². The fourth-order valence-electron chi connectivity index (χ4n) is 1.76. The second-order valence-electron chi connectivity index (χ2n) is 4.60. The molecular formula is C13H19NO5S. The van der Waals surface area contributed by atoms with Crippen molar-refractivity contribution in [2.45, 2.75) is 25.6 Å². The predicted octanol–water partition coefficient (Wildman–Crippen LogP) is 1.24. The van der Waals surface area contributed by atoms with Crippen LogP contribution in [0.25, 0.3) is 0 Å². The van der Waals surface area contributed by atoms with Gasteiger partial charge in [0.1, 0.15) is 5.75 Å². The molecular weight excluding hydrogens is 282 g/mol. The third kappa shape index (κ3) is 3.49. The quantitative estimate of drug-likeness (QED) is 0.854. The summed E-state index contributed by atoms with van der Waals surface area (Å²) in [5.74, 6) is -0.798. The molecule has 0 bridgehead atoms. The zero-order valence-electron chi connectivity index (χ0n) is 12.0. The molecule has 1 unspecified atom stereocenters. The van der Waals surface area contributed by atoms with E-state index >= 15 is 0 Å². The lowest BCUT2D eigenvalue weighted by Crippen LogP contribution is -2.38. The number of carboxylic acids is 1. The van der Waals surface area contributed by atoms with Gasteiger partial charge in [0.25, 0.3) is 0 Å². The molecule has 0 fully saturated rings. The summed E-state index contributed by atoms with van der Waals surface area (Å²) in [7, 11) is -1.04. The maximum absolute atomic E-state index is 12.1. The van der Waals surface area contributed by atoms with E-state index in [-0.39, 0.29) is 6.54 Å². The highest BCUT2D eigenvalue weighted by Gasteiger charge is 2.32. The van der Waals surface area contributed by atoms with Gasteiger partial charge in [0, 0.05) is 19.2 Å². The van der Waals surface area contributed by atoms with E-state index in [9.17, 15) is 13.2 Å². The number of hydrogen-bond acceptors (Lipinski definition) is 4. The van der Waals surface area contributed by atoms with Crippen LogP contribution in [0.5, 0.6) is 5.75 Å². The molecule has 1 atom stereocenters. The average Bonchev–Trinajstić information content (AvgIpc) is 2.37. The standard InChI is InChI=1S/C13H19NO5S/c1-9-5-6-12(19-4)11(7-9)8-14(3)20(17,18)10(2)13(15)16/h5-7,10H,8H2,1-4H3,(H,15,16). The van der Waals surface area contributed by atoms with Gasteiger partial charge in [-0.1, -0.05) is 17.7 Å². The number of methoxy groups -OCH3 is 1. The number of nitrogens with zero attached hydrogens (tertiary/aromatic N) is 1. The van der Waals surface area contributed by atoms with Crippen LogP contribution in [0.3, 0.4) is 0 Å². The first kappa shape index (κ1) is 16.5. The summed E-state index contributed by atoms with van der Waals surface area (Å²) in [6.07, 6.45) is 0. The van der Waals surface area contributed by atoms with Crippen LogP contribution in [-0.2, 0) is 21.4 Å². The largest absolute Gasteiger partial charge is 0.496 e. The molecule has 6 nitrogen and oxygen atoms in total. The van der Waals surface area contributed by atoms with Gasteiger partial charge < -0.3 is 9.84 Å². The van der Waals surface area contributed by atoms with Gasteiger partial charge in [-0.15, -0.1) is 0 Å². The molecule has 0 saturated carbocycles. The molecule has 1 rings (SSSR count). The van der Waals surface area contributed by atoms with Crippen molar-refractivity contribution >= 4 is 16.0 Å². The maximum atomic E-state index is 12.1. The maximum Gasteiger partial charge on any atom is 0.323 e. The SMILES string of the molecule is COc1ccc(C)cc1CN(C)S(=O)(=O)C(C)C(=O)O. The minimum Gasteiger partial charge on any atom is -0.496 e. The van der Waals surface area contributed by atoms with Gasteiger partial charge in [-0.3, -0.25) is 4.79 Å². The number of hydrogen-bond donors (Lipinski definition) is 1. The second kappa shape index (κ2) is 6.23. The van der Waals surface area contributed by atoms with Gasteiger partial charge in [-0.25, -0.2) is 8.42 Å². The Labute approximate surface area is 119 Å². The van der Waals surface area contributed by atoms with Crippen molar-refractivity contribution in [2.75, 3.05) is 14.2 Å². The lowest BCUT2D eigenvalue weighted by molar-refractivity contribution is -0.136. The Bertz CT molecular complexity index is 597. The molecule has 7 heteroatoms. The van der Waals surface area contributed by atoms with Crippen LogP contribution in [0, 0.1) is 6.92 Å². The van der Waals surface area contributed by atoms with E-state index in [4.69, 9.17) is 9.84 Å². The number of carbonyl (C=O) groups is 1. The predicted molar refractivity (Wildman–Crippen MR) is 75.2 cm³/mol. The topological polar surface area (TPSA) is 83.9 Å². The fraction of sp³-hybridized carbons (Fsp3) is 0.462. The minimum atomic E-state index is -3.90. The van der Waals surface area contributed by atoms with E-state index in [1.807, 2.05) is 19.1 Å². The van der Waals surface area contributed by atoms with Crippen LogP contribution < -0.4 is 4.74 Å². The van der Waals surface area contributed by atoms with Crippen molar-refractivity contribution in [3.05, 3.63) is 29.3 Å². The normalized spacial score (nSPS) is 13.2. The van der Waals surface area contributed by atoms with Crippen molar-refractivity contribution < 1.29 is 23.1 Å². The van der Waals surface area contributed by atoms with Crippen LogP contribution in [0.4, 0.5) is 0 Å². The molecule has 0 saturated heterocycles. The molecule has 20 heavy (non-hydrogen) atoms. The number of ether oxygens (including phenoxy) is 1. The molecule has 0 aliphatic heterocycles. The molecule has 0 radical (unpaired) electrons. The molecule has 0 amide bonds. The summed E-state index contributed by atoms with van der Waals surface area (Å²) in [4.78, 5) is 10.8. The Morgan fingerprint density at radius 2 is 2.05 bits per heavy atom. The highest BCUT2D eigenvalue weighted by atomic mass is 32.2. The van der Waals surface area contributed by atoms with Gasteiger partial charge in [-0.2, -0.15) is 4.31 Å². The van der Waals surface area contributed by atoms with E-state index in [1.54, 1.807) is 6.07 Å². The number of carboxylic acid groups (broad SMARTS) is 1. The molecule has 112 valence electrons. The van der Waals surface area contributed by atoms with Crippen LogP contribution in [0.2, 0.25) is 0 Å². The van der Waals surface area contributed by atoms with Crippen molar-refractivity contribution in [3.63, 3.8) is 0 Å². The van der Waals surface area contributed by atoms with Gasteiger partial charge in [0.05, 0.1) is 7.11 Å². The monoisotopic (exact) mass is 301 g/mol. The van der Waals surface area contributed by atoms with Crippen LogP contribution in [0.1, 0.15) is 18.1 Å². The Morgan fingerprint density at radius 1 is 1.45 bits per heavy atom. The summed E-state index contributed by atoms with van der Waals surface area (Å²) in [5, 5.41) is 7.36. The Hall–Kier alpha value is -1.60. The molecule has 1 aromatic rings. The lowest BCUT2D eigenvalue weighted by Gasteiger charge is -2.21. The zero-order chi connectivity index (χ0) is 15.5. The minimum absolute atomic E-state index is 0.0603. The van der Waals surface area contributed by atoms with E-state index in [2.05, 4.69) is 0 Å². The first-order valence-corrected chi connectivity index (χ1v) is 7.52. The van der Waals surface area contributed by atoms with Gasteiger partial charge in [-0.05, 0) is 19.9 Å². The Kier molecular flexibility index (Phi) is 5.13. The third-order valence-electron chi connectivity index (χ3n) is 3.06. The summed E-state index contributed by atoms with van der Waals surface area (Å²) in [6.45, 7) is 3.10. The Morgan fingerprint density at radius 3 is 2.55 bits per heavy atom. The third-order valence-corrected chi connectivity index (χ3v) is 5.15. The van der Waals surface area contributed by atoms with Crippen LogP contribution >= 0.6 is 0 Å². The average molecular weight is 301 g/mol. The van der Waals surface area contributed by atoms with Crippen molar-refractivity contribution in [3.8, 4) is 5.75 Å².